The van der Waals surface area contributed by atoms with Gasteiger partial charge in [-0.3, -0.25) is 14.5 Å². The van der Waals surface area contributed by atoms with Crippen molar-refractivity contribution in [3.05, 3.63) is 47.2 Å². The molecule has 0 bridgehead atoms. The molecule has 1 N–H and O–H groups in total. The van der Waals surface area contributed by atoms with E-state index in [9.17, 15) is 14.4 Å². The number of rotatable bonds is 5. The number of likely N-dealkylation sites (N-methyl/N-ethyl adjacent to an activating group) is 1. The largest absolute Gasteiger partial charge is 0.350 e. The number of benzene rings is 1. The molecular weight excluding hydrogens is 406 g/mol. The Hall–Kier alpha value is -2.87. The van der Waals surface area contributed by atoms with Crippen LogP contribution in [0.4, 0.5) is 4.79 Å². The summed E-state index contributed by atoms with van der Waals surface area (Å²) in [6, 6.07) is 6.85. The van der Waals surface area contributed by atoms with E-state index in [4.69, 9.17) is 11.6 Å². The van der Waals surface area contributed by atoms with Crippen molar-refractivity contribution in [3.8, 4) is 5.69 Å². The van der Waals surface area contributed by atoms with Crippen LogP contribution >= 0.6 is 11.6 Å². The number of nitrogens with one attached hydrogen (secondary N) is 1. The summed E-state index contributed by atoms with van der Waals surface area (Å²) in [6.07, 6.45) is 7.70. The number of aromatic nitrogens is 2. The van der Waals surface area contributed by atoms with Gasteiger partial charge in [0.2, 0.25) is 5.91 Å². The second kappa shape index (κ2) is 8.10. The maximum atomic E-state index is 13.0. The van der Waals surface area contributed by atoms with E-state index in [2.05, 4.69) is 10.4 Å². The van der Waals surface area contributed by atoms with Crippen molar-refractivity contribution in [3.63, 3.8) is 0 Å². The molecule has 2 aliphatic rings. The molecule has 1 aromatic carbocycles. The van der Waals surface area contributed by atoms with Crippen molar-refractivity contribution in [2.24, 2.45) is 0 Å². The van der Waals surface area contributed by atoms with Gasteiger partial charge in [-0.05, 0) is 37.1 Å². The zero-order valence-corrected chi connectivity index (χ0v) is 17.6. The van der Waals surface area contributed by atoms with Gasteiger partial charge in [0, 0.05) is 30.4 Å². The molecule has 4 rings (SSSR count). The van der Waals surface area contributed by atoms with Crippen LogP contribution in [0.25, 0.3) is 5.69 Å². The van der Waals surface area contributed by atoms with Crippen LogP contribution in [0.5, 0.6) is 0 Å². The average Bonchev–Trinajstić information content (AvgIpc) is 3.29. The van der Waals surface area contributed by atoms with Gasteiger partial charge in [-0.15, -0.1) is 0 Å². The summed E-state index contributed by atoms with van der Waals surface area (Å²) in [6.45, 7) is -0.0152. The Morgan fingerprint density at radius 3 is 2.57 bits per heavy atom. The summed E-state index contributed by atoms with van der Waals surface area (Å²) >= 11 is 5.90. The van der Waals surface area contributed by atoms with E-state index in [1.165, 1.54) is 4.90 Å². The van der Waals surface area contributed by atoms with E-state index in [-0.39, 0.29) is 24.9 Å². The fraction of sp³-hybridized carbons (Fsp3) is 0.429. The van der Waals surface area contributed by atoms with Gasteiger partial charge < -0.3 is 10.2 Å². The first-order valence-corrected chi connectivity index (χ1v) is 10.4. The number of hydrogen-bond donors (Lipinski definition) is 1. The number of carbonyl (C=O) groups excluding carboxylic acids is 3. The first-order chi connectivity index (χ1) is 14.4. The maximum absolute atomic E-state index is 13.0. The van der Waals surface area contributed by atoms with Gasteiger partial charge in [0.05, 0.1) is 11.9 Å². The van der Waals surface area contributed by atoms with Crippen LogP contribution in [0.15, 0.2) is 36.7 Å². The fourth-order valence-electron chi connectivity index (χ4n) is 4.26. The van der Waals surface area contributed by atoms with Gasteiger partial charge >= 0.3 is 6.03 Å². The molecule has 0 unspecified atom stereocenters. The topological polar surface area (TPSA) is 87.5 Å². The lowest BCUT2D eigenvalue weighted by molar-refractivity contribution is -0.137. The molecule has 1 saturated heterocycles. The van der Waals surface area contributed by atoms with Crippen LogP contribution in [0.2, 0.25) is 5.02 Å². The molecule has 1 saturated carbocycles. The summed E-state index contributed by atoms with van der Waals surface area (Å²) in [4.78, 5) is 40.6. The van der Waals surface area contributed by atoms with Crippen LogP contribution in [0.1, 0.15) is 37.7 Å². The number of amides is 4. The van der Waals surface area contributed by atoms with E-state index < -0.39 is 11.6 Å². The second-order valence-electron chi connectivity index (χ2n) is 7.87. The van der Waals surface area contributed by atoms with Crippen molar-refractivity contribution in [1.82, 2.24) is 24.9 Å². The molecule has 1 aliphatic carbocycles. The molecule has 8 nitrogen and oxygen atoms in total. The number of hydrogen-bond acceptors (Lipinski definition) is 4. The van der Waals surface area contributed by atoms with Crippen LogP contribution < -0.4 is 5.32 Å². The smallest absolute Gasteiger partial charge is 0.327 e. The summed E-state index contributed by atoms with van der Waals surface area (Å²) in [5.41, 5.74) is 0.888. The summed E-state index contributed by atoms with van der Waals surface area (Å²) < 4.78 is 1.69. The minimum absolute atomic E-state index is 0.250. The fourth-order valence-corrected chi connectivity index (χ4v) is 4.38. The zero-order valence-electron chi connectivity index (χ0n) is 16.8. The van der Waals surface area contributed by atoms with E-state index in [0.717, 1.165) is 35.4 Å². The SMILES string of the molecule is CN1C(=O)N(CC(=O)NCc2cnn(-c3ccc(Cl)cc3)c2)C(=O)C12CCCCC2. The summed E-state index contributed by atoms with van der Waals surface area (Å²) in [7, 11) is 1.66. The van der Waals surface area contributed by atoms with E-state index in [0.29, 0.717) is 17.9 Å². The Labute approximate surface area is 179 Å². The Balaban J connectivity index is 1.36. The lowest BCUT2D eigenvalue weighted by Gasteiger charge is -2.35. The third-order valence-corrected chi connectivity index (χ3v) is 6.25. The standard InChI is InChI=1S/C21H24ClN5O3/c1-25-20(30)26(19(29)21(25)9-3-2-4-10-21)14-18(28)23-11-15-12-24-27(13-15)17-7-5-16(22)6-8-17/h5-8,12-13H,2-4,9-11,14H2,1H3,(H,23,28). The van der Waals surface area contributed by atoms with Gasteiger partial charge in [-0.1, -0.05) is 30.9 Å². The van der Waals surface area contributed by atoms with Gasteiger partial charge in [0.1, 0.15) is 12.1 Å². The molecule has 30 heavy (non-hydrogen) atoms. The van der Waals surface area contributed by atoms with Crippen molar-refractivity contribution < 1.29 is 14.4 Å². The van der Waals surface area contributed by atoms with Crippen molar-refractivity contribution in [2.45, 2.75) is 44.2 Å². The molecule has 2 fully saturated rings. The van der Waals surface area contributed by atoms with E-state index >= 15 is 0 Å². The van der Waals surface area contributed by atoms with Gasteiger partial charge in [-0.25, -0.2) is 9.48 Å². The van der Waals surface area contributed by atoms with Crippen LogP contribution in [0, 0.1) is 0 Å². The highest BCUT2D eigenvalue weighted by Crippen LogP contribution is 2.39. The second-order valence-corrected chi connectivity index (χ2v) is 8.31. The van der Waals surface area contributed by atoms with E-state index in [1.807, 2.05) is 12.1 Å². The predicted octanol–water partition coefficient (Wildman–Crippen LogP) is 2.74. The van der Waals surface area contributed by atoms with Gasteiger partial charge in [-0.2, -0.15) is 5.10 Å². The Kier molecular flexibility index (Phi) is 5.51. The molecule has 0 radical (unpaired) electrons. The average molecular weight is 430 g/mol. The van der Waals surface area contributed by atoms with Crippen molar-refractivity contribution >= 4 is 29.4 Å². The molecule has 2 aromatic rings. The number of imide groups is 1. The molecule has 2 heterocycles. The third kappa shape index (κ3) is 3.67. The van der Waals surface area contributed by atoms with Crippen LogP contribution in [0.3, 0.4) is 0 Å². The molecule has 0 atom stereocenters. The quantitative estimate of drug-likeness (QED) is 0.740. The number of nitrogens with zero attached hydrogens (tertiary/aromatic N) is 4. The monoisotopic (exact) mass is 429 g/mol. The van der Waals surface area contributed by atoms with Gasteiger partial charge in [0.15, 0.2) is 0 Å². The van der Waals surface area contributed by atoms with Crippen molar-refractivity contribution in [2.75, 3.05) is 13.6 Å². The maximum Gasteiger partial charge on any atom is 0.327 e. The molecule has 1 aliphatic heterocycles. The predicted molar refractivity (Wildman–Crippen MR) is 111 cm³/mol. The molecule has 9 heteroatoms. The molecule has 4 amide bonds. The normalized spacial score (nSPS) is 18.3. The van der Waals surface area contributed by atoms with Crippen LogP contribution in [-0.4, -0.2) is 56.6 Å². The minimum Gasteiger partial charge on any atom is -0.350 e. The van der Waals surface area contributed by atoms with Crippen LogP contribution in [-0.2, 0) is 16.1 Å². The molecule has 1 aromatic heterocycles. The zero-order chi connectivity index (χ0) is 21.3. The van der Waals surface area contributed by atoms with Crippen molar-refractivity contribution in [1.29, 1.82) is 0 Å². The molecular formula is C21H24ClN5O3. The Bertz CT molecular complexity index is 965. The highest BCUT2D eigenvalue weighted by molar-refractivity contribution is 6.30. The van der Waals surface area contributed by atoms with E-state index in [1.54, 1.807) is 36.3 Å². The number of carbonyl (C=O) groups is 3. The number of urea groups is 1. The lowest BCUT2D eigenvalue weighted by Crippen LogP contribution is -2.49. The Morgan fingerprint density at radius 2 is 1.87 bits per heavy atom. The minimum atomic E-state index is -0.769. The first-order valence-electron chi connectivity index (χ1n) is 10.1. The molecule has 1 spiro atoms. The molecule has 158 valence electrons. The third-order valence-electron chi connectivity index (χ3n) is 6.00. The lowest BCUT2D eigenvalue weighted by atomic mass is 9.81. The first kappa shape index (κ1) is 20.4. The number of halogens is 1. The summed E-state index contributed by atoms with van der Waals surface area (Å²) in [5.74, 6) is -0.627. The summed E-state index contributed by atoms with van der Waals surface area (Å²) in [5, 5.41) is 7.70. The van der Waals surface area contributed by atoms with Gasteiger partial charge in [0.25, 0.3) is 5.91 Å². The highest BCUT2D eigenvalue weighted by Gasteiger charge is 2.55. The Morgan fingerprint density at radius 1 is 1.17 bits per heavy atom. The highest BCUT2D eigenvalue weighted by atomic mass is 35.5.